The first-order valence-corrected chi connectivity index (χ1v) is 6.23. The topological polar surface area (TPSA) is 85.3 Å². The Morgan fingerprint density at radius 1 is 1.30 bits per heavy atom. The van der Waals surface area contributed by atoms with E-state index in [1.165, 1.54) is 10.6 Å². The number of fused-ring (bicyclic) bond motifs is 1. The minimum absolute atomic E-state index is 0.0733. The second kappa shape index (κ2) is 4.44. The van der Waals surface area contributed by atoms with E-state index in [-0.39, 0.29) is 5.69 Å². The fourth-order valence-corrected chi connectivity index (χ4v) is 2.05. The number of hydrogen-bond acceptors (Lipinski definition) is 4. The molecule has 7 heteroatoms. The molecule has 0 saturated carbocycles. The molecular weight excluding hydrogens is 258 g/mol. The van der Waals surface area contributed by atoms with Crippen LogP contribution in [0.5, 0.6) is 0 Å². The summed E-state index contributed by atoms with van der Waals surface area (Å²) in [6, 6.07) is 5.05. The molecule has 0 atom stereocenters. The summed E-state index contributed by atoms with van der Waals surface area (Å²) < 4.78 is 3.10. The Morgan fingerprint density at radius 3 is 2.75 bits per heavy atom. The molecule has 3 aromatic heterocycles. The number of nitrogens with zero attached hydrogens (tertiary/aromatic N) is 5. The average molecular weight is 271 g/mol. The summed E-state index contributed by atoms with van der Waals surface area (Å²) in [5.41, 5.74) is 2.47. The molecule has 7 nitrogen and oxygen atoms in total. The van der Waals surface area contributed by atoms with Gasteiger partial charge in [-0.1, -0.05) is 0 Å². The van der Waals surface area contributed by atoms with E-state index in [1.807, 2.05) is 19.2 Å². The van der Waals surface area contributed by atoms with Gasteiger partial charge in [0.2, 0.25) is 0 Å². The van der Waals surface area contributed by atoms with Crippen LogP contribution < -0.4 is 0 Å². The summed E-state index contributed by atoms with van der Waals surface area (Å²) in [7, 11) is 0. The largest absolute Gasteiger partial charge is 0.477 e. The lowest BCUT2D eigenvalue weighted by atomic mass is 10.2. The second-order valence-corrected chi connectivity index (χ2v) is 4.44. The summed E-state index contributed by atoms with van der Waals surface area (Å²) in [5, 5.41) is 17.8. The number of aromatic carboxylic acids is 1. The van der Waals surface area contributed by atoms with Crippen LogP contribution in [0.4, 0.5) is 0 Å². The zero-order valence-electron chi connectivity index (χ0n) is 11.1. The van der Waals surface area contributed by atoms with Crippen molar-refractivity contribution < 1.29 is 9.90 Å². The van der Waals surface area contributed by atoms with Crippen LogP contribution in [-0.4, -0.2) is 35.5 Å². The maximum Gasteiger partial charge on any atom is 0.354 e. The predicted octanol–water partition coefficient (Wildman–Crippen LogP) is 1.62. The molecule has 102 valence electrons. The van der Waals surface area contributed by atoms with E-state index in [0.717, 1.165) is 12.2 Å². The van der Waals surface area contributed by atoms with Crippen LogP contribution in [0.3, 0.4) is 0 Å². The molecule has 1 N–H and O–H groups in total. The first kappa shape index (κ1) is 12.3. The highest BCUT2D eigenvalue weighted by Crippen LogP contribution is 2.18. The number of carboxylic acids is 1. The van der Waals surface area contributed by atoms with Crippen molar-refractivity contribution in [3.8, 4) is 11.4 Å². The number of hydrogen-bond donors (Lipinski definition) is 1. The molecule has 0 bridgehead atoms. The first-order valence-electron chi connectivity index (χ1n) is 6.23. The Morgan fingerprint density at radius 2 is 2.10 bits per heavy atom. The van der Waals surface area contributed by atoms with Crippen LogP contribution in [0.25, 0.3) is 17.0 Å². The van der Waals surface area contributed by atoms with Crippen molar-refractivity contribution in [1.82, 2.24) is 24.4 Å². The Balaban J connectivity index is 2.23. The van der Waals surface area contributed by atoms with Crippen LogP contribution in [0, 0.1) is 6.92 Å². The van der Waals surface area contributed by atoms with Crippen LogP contribution in [0.1, 0.15) is 23.1 Å². The first-order chi connectivity index (χ1) is 9.58. The summed E-state index contributed by atoms with van der Waals surface area (Å²) in [6.07, 6.45) is 1.84. The maximum atomic E-state index is 11.4. The molecular formula is C13H13N5O2. The molecule has 0 spiro atoms. The maximum absolute atomic E-state index is 11.4. The molecule has 20 heavy (non-hydrogen) atoms. The van der Waals surface area contributed by atoms with E-state index in [0.29, 0.717) is 17.0 Å². The van der Waals surface area contributed by atoms with Gasteiger partial charge in [0.15, 0.2) is 11.3 Å². The van der Waals surface area contributed by atoms with Crippen molar-refractivity contribution in [3.63, 3.8) is 0 Å². The molecule has 0 aromatic carbocycles. The molecule has 3 aromatic rings. The molecule has 0 radical (unpaired) electrons. The summed E-state index contributed by atoms with van der Waals surface area (Å²) in [4.78, 5) is 15.8. The van der Waals surface area contributed by atoms with Gasteiger partial charge < -0.3 is 5.11 Å². The number of aromatic nitrogens is 5. The van der Waals surface area contributed by atoms with E-state index < -0.39 is 5.97 Å². The summed E-state index contributed by atoms with van der Waals surface area (Å²) in [5.74, 6) is -1.04. The lowest BCUT2D eigenvalue weighted by molar-refractivity contribution is 0.0687. The highest BCUT2D eigenvalue weighted by molar-refractivity contribution is 5.87. The average Bonchev–Trinajstić information content (AvgIpc) is 3.01. The summed E-state index contributed by atoms with van der Waals surface area (Å²) >= 11 is 0. The van der Waals surface area contributed by atoms with Crippen molar-refractivity contribution in [2.24, 2.45) is 0 Å². The van der Waals surface area contributed by atoms with Gasteiger partial charge in [-0.25, -0.2) is 14.3 Å². The van der Waals surface area contributed by atoms with Crippen LogP contribution in [0.2, 0.25) is 0 Å². The van der Waals surface area contributed by atoms with Crippen molar-refractivity contribution in [3.05, 3.63) is 35.8 Å². The fraction of sp³-hybridized carbons (Fsp3) is 0.231. The zero-order chi connectivity index (χ0) is 14.3. The monoisotopic (exact) mass is 271 g/mol. The molecule has 0 amide bonds. The lowest BCUT2D eigenvalue weighted by Crippen LogP contribution is -2.08. The van der Waals surface area contributed by atoms with Gasteiger partial charge in [0.1, 0.15) is 5.69 Å². The van der Waals surface area contributed by atoms with E-state index >= 15 is 0 Å². The molecule has 3 heterocycles. The van der Waals surface area contributed by atoms with Crippen LogP contribution in [-0.2, 0) is 6.54 Å². The fourth-order valence-electron chi connectivity index (χ4n) is 2.05. The van der Waals surface area contributed by atoms with Gasteiger partial charge in [0, 0.05) is 18.8 Å². The quantitative estimate of drug-likeness (QED) is 0.782. The van der Waals surface area contributed by atoms with Crippen molar-refractivity contribution in [1.29, 1.82) is 0 Å². The Kier molecular flexibility index (Phi) is 2.74. The van der Waals surface area contributed by atoms with Gasteiger partial charge in [-0.15, -0.1) is 0 Å². The SMILES string of the molecule is CCn1ccc(-c2cc(C(=O)O)n3nc(C)cc3n2)n1. The van der Waals surface area contributed by atoms with Crippen molar-refractivity contribution in [2.75, 3.05) is 0 Å². The molecule has 0 fully saturated rings. The van der Waals surface area contributed by atoms with Gasteiger partial charge in [-0.05, 0) is 26.0 Å². The van der Waals surface area contributed by atoms with Crippen molar-refractivity contribution >= 4 is 11.6 Å². The van der Waals surface area contributed by atoms with Crippen LogP contribution >= 0.6 is 0 Å². The number of aryl methyl sites for hydroxylation is 2. The zero-order valence-corrected chi connectivity index (χ0v) is 11.1. The third-order valence-corrected chi connectivity index (χ3v) is 3.00. The van der Waals surface area contributed by atoms with Gasteiger partial charge in [0.05, 0.1) is 11.4 Å². The molecule has 0 aliphatic rings. The third-order valence-electron chi connectivity index (χ3n) is 3.00. The van der Waals surface area contributed by atoms with E-state index in [1.54, 1.807) is 17.7 Å². The number of carbonyl (C=O) groups is 1. The molecule has 0 aliphatic heterocycles. The lowest BCUT2D eigenvalue weighted by Gasteiger charge is -2.02. The Labute approximate surface area is 114 Å². The van der Waals surface area contributed by atoms with Gasteiger partial charge >= 0.3 is 5.97 Å². The molecule has 0 saturated heterocycles. The van der Waals surface area contributed by atoms with Gasteiger partial charge in [0.25, 0.3) is 0 Å². The predicted molar refractivity (Wildman–Crippen MR) is 71.6 cm³/mol. The third kappa shape index (κ3) is 1.93. The molecule has 0 aliphatic carbocycles. The normalized spacial score (nSPS) is 11.1. The minimum atomic E-state index is -1.04. The highest BCUT2D eigenvalue weighted by atomic mass is 16.4. The number of rotatable bonds is 3. The molecule has 3 rings (SSSR count). The smallest absolute Gasteiger partial charge is 0.354 e. The standard InChI is InChI=1S/C13H13N5O2/c1-3-17-5-4-9(16-17)10-7-11(13(19)20)18-12(14-10)6-8(2)15-18/h4-7H,3H2,1-2H3,(H,19,20). The number of carboxylic acid groups (broad SMARTS) is 1. The van der Waals surface area contributed by atoms with Gasteiger partial charge in [-0.3, -0.25) is 4.68 Å². The highest BCUT2D eigenvalue weighted by Gasteiger charge is 2.15. The van der Waals surface area contributed by atoms with Gasteiger partial charge in [-0.2, -0.15) is 10.2 Å². The Bertz CT molecular complexity index is 802. The van der Waals surface area contributed by atoms with E-state index in [9.17, 15) is 9.90 Å². The van der Waals surface area contributed by atoms with E-state index in [4.69, 9.17) is 0 Å². The Hall–Kier alpha value is -2.70. The minimum Gasteiger partial charge on any atom is -0.477 e. The van der Waals surface area contributed by atoms with E-state index in [2.05, 4.69) is 15.2 Å². The molecule has 0 unspecified atom stereocenters. The second-order valence-electron chi connectivity index (χ2n) is 4.44. The summed E-state index contributed by atoms with van der Waals surface area (Å²) in [6.45, 7) is 4.53. The van der Waals surface area contributed by atoms with Crippen LogP contribution in [0.15, 0.2) is 24.4 Å². The van der Waals surface area contributed by atoms with Crippen molar-refractivity contribution in [2.45, 2.75) is 20.4 Å².